The van der Waals surface area contributed by atoms with E-state index in [9.17, 15) is 9.18 Å². The highest BCUT2D eigenvalue weighted by Crippen LogP contribution is 2.31. The Kier molecular flexibility index (Phi) is 5.48. The number of nitrogens with one attached hydrogen (secondary N) is 2. The smallest absolute Gasteiger partial charge is 0.220 e. The second-order valence-corrected chi connectivity index (χ2v) is 8.21. The van der Waals surface area contributed by atoms with E-state index < -0.39 is 0 Å². The number of aromatic amines is 1. The fourth-order valence-corrected chi connectivity index (χ4v) is 4.82. The van der Waals surface area contributed by atoms with Crippen molar-refractivity contribution in [2.45, 2.75) is 31.7 Å². The number of hydrogen-bond acceptors (Lipinski definition) is 2. The Morgan fingerprint density at radius 3 is 2.70 bits per heavy atom. The van der Waals surface area contributed by atoms with Crippen molar-refractivity contribution >= 4 is 28.6 Å². The molecule has 1 amide bonds. The van der Waals surface area contributed by atoms with E-state index in [1.54, 1.807) is 12.1 Å². The molecule has 0 spiro atoms. The Bertz CT molecular complexity index is 932. The van der Waals surface area contributed by atoms with Gasteiger partial charge in [-0.15, -0.1) is 0 Å². The van der Waals surface area contributed by atoms with Crippen molar-refractivity contribution < 1.29 is 9.18 Å². The summed E-state index contributed by atoms with van der Waals surface area (Å²) in [4.78, 5) is 15.9. The maximum atomic E-state index is 13.8. The SMILES string of the molecule is O=C(CCc1c(-c2ccccc2)[nH]c2ccc(F)cc12)NC1CCSCC1. The van der Waals surface area contributed by atoms with Crippen LogP contribution in [0.3, 0.4) is 0 Å². The van der Waals surface area contributed by atoms with Crippen molar-refractivity contribution in [1.82, 2.24) is 10.3 Å². The van der Waals surface area contributed by atoms with Crippen LogP contribution in [0, 0.1) is 5.82 Å². The van der Waals surface area contributed by atoms with Crippen molar-refractivity contribution in [2.75, 3.05) is 11.5 Å². The van der Waals surface area contributed by atoms with E-state index >= 15 is 0 Å². The van der Waals surface area contributed by atoms with Crippen LogP contribution < -0.4 is 5.32 Å². The third-order valence-corrected chi connectivity index (χ3v) is 6.17. The molecule has 2 aromatic carbocycles. The number of benzene rings is 2. The van der Waals surface area contributed by atoms with E-state index in [4.69, 9.17) is 0 Å². The second-order valence-electron chi connectivity index (χ2n) is 6.99. The molecule has 0 atom stereocenters. The first kappa shape index (κ1) is 18.1. The van der Waals surface area contributed by atoms with Gasteiger partial charge in [-0.1, -0.05) is 30.3 Å². The number of aromatic nitrogens is 1. The summed E-state index contributed by atoms with van der Waals surface area (Å²) in [6.45, 7) is 0. The Hall–Kier alpha value is -2.27. The average molecular weight is 383 g/mol. The number of fused-ring (bicyclic) bond motifs is 1. The van der Waals surface area contributed by atoms with Crippen LogP contribution in [-0.2, 0) is 11.2 Å². The van der Waals surface area contributed by atoms with E-state index in [2.05, 4.69) is 10.3 Å². The summed E-state index contributed by atoms with van der Waals surface area (Å²) in [6.07, 6.45) is 3.09. The van der Waals surface area contributed by atoms with Gasteiger partial charge in [0.15, 0.2) is 0 Å². The zero-order valence-corrected chi connectivity index (χ0v) is 15.9. The molecule has 1 aromatic heterocycles. The van der Waals surface area contributed by atoms with Gasteiger partial charge in [-0.25, -0.2) is 4.39 Å². The summed E-state index contributed by atoms with van der Waals surface area (Å²) in [5.74, 6) is 2.05. The molecule has 0 radical (unpaired) electrons. The van der Waals surface area contributed by atoms with Crippen molar-refractivity contribution in [3.8, 4) is 11.3 Å². The maximum Gasteiger partial charge on any atom is 0.220 e. The highest BCUT2D eigenvalue weighted by Gasteiger charge is 2.18. The highest BCUT2D eigenvalue weighted by atomic mass is 32.2. The summed E-state index contributed by atoms with van der Waals surface area (Å²) < 4.78 is 13.8. The molecule has 3 aromatic rings. The van der Waals surface area contributed by atoms with E-state index in [0.717, 1.165) is 52.1 Å². The number of hydrogen-bond donors (Lipinski definition) is 2. The van der Waals surface area contributed by atoms with Gasteiger partial charge in [-0.05, 0) is 60.1 Å². The number of H-pyrrole nitrogens is 1. The summed E-state index contributed by atoms with van der Waals surface area (Å²) in [5, 5.41) is 4.02. The fourth-order valence-electron chi connectivity index (χ4n) is 3.71. The molecule has 0 aliphatic carbocycles. The molecule has 0 unspecified atom stereocenters. The number of rotatable bonds is 5. The minimum Gasteiger partial charge on any atom is -0.354 e. The van der Waals surface area contributed by atoms with Gasteiger partial charge < -0.3 is 10.3 Å². The van der Waals surface area contributed by atoms with Gasteiger partial charge in [0.1, 0.15) is 5.82 Å². The largest absolute Gasteiger partial charge is 0.354 e. The molecule has 27 heavy (non-hydrogen) atoms. The zero-order valence-electron chi connectivity index (χ0n) is 15.1. The van der Waals surface area contributed by atoms with Crippen molar-refractivity contribution in [3.05, 3.63) is 59.9 Å². The van der Waals surface area contributed by atoms with Crippen molar-refractivity contribution in [1.29, 1.82) is 0 Å². The minimum atomic E-state index is -0.258. The predicted octanol–water partition coefficient (Wildman–Crippen LogP) is 4.92. The molecule has 140 valence electrons. The lowest BCUT2D eigenvalue weighted by molar-refractivity contribution is -0.121. The molecule has 3 nitrogen and oxygen atoms in total. The lowest BCUT2D eigenvalue weighted by Gasteiger charge is -2.22. The Morgan fingerprint density at radius 2 is 1.93 bits per heavy atom. The molecule has 1 saturated heterocycles. The average Bonchev–Trinajstić information content (AvgIpc) is 3.05. The third kappa shape index (κ3) is 4.19. The van der Waals surface area contributed by atoms with E-state index in [1.165, 1.54) is 6.07 Å². The van der Waals surface area contributed by atoms with Gasteiger partial charge in [-0.3, -0.25) is 4.79 Å². The van der Waals surface area contributed by atoms with Crippen molar-refractivity contribution in [2.24, 2.45) is 0 Å². The van der Waals surface area contributed by atoms with Crippen LogP contribution in [0.4, 0.5) is 4.39 Å². The normalized spacial score (nSPS) is 15.1. The Balaban J connectivity index is 1.57. The number of amides is 1. The maximum absolute atomic E-state index is 13.8. The third-order valence-electron chi connectivity index (χ3n) is 5.12. The molecule has 2 heterocycles. The minimum absolute atomic E-state index is 0.0802. The number of carbonyl (C=O) groups is 1. The monoisotopic (exact) mass is 382 g/mol. The molecule has 0 saturated carbocycles. The van der Waals surface area contributed by atoms with Crippen LogP contribution >= 0.6 is 11.8 Å². The number of thioether (sulfide) groups is 1. The quantitative estimate of drug-likeness (QED) is 0.658. The van der Waals surface area contributed by atoms with E-state index in [0.29, 0.717) is 18.9 Å². The standard InChI is InChI=1S/C22H23FN2OS/c23-16-6-8-20-19(14-16)18(22(25-20)15-4-2-1-3-5-15)7-9-21(26)24-17-10-12-27-13-11-17/h1-6,8,14,17,25H,7,9-13H2,(H,24,26). The summed E-state index contributed by atoms with van der Waals surface area (Å²) in [5.41, 5.74) is 3.92. The summed E-state index contributed by atoms with van der Waals surface area (Å²) in [7, 11) is 0. The lowest BCUT2D eigenvalue weighted by Crippen LogP contribution is -2.37. The first-order chi connectivity index (χ1) is 13.2. The van der Waals surface area contributed by atoms with Crippen LogP contribution in [0.15, 0.2) is 48.5 Å². The molecule has 2 N–H and O–H groups in total. The molecular formula is C22H23FN2OS. The number of carbonyl (C=O) groups excluding carboxylic acids is 1. The van der Waals surface area contributed by atoms with Gasteiger partial charge >= 0.3 is 0 Å². The molecule has 1 fully saturated rings. The summed E-state index contributed by atoms with van der Waals surface area (Å²) in [6, 6.07) is 15.1. The van der Waals surface area contributed by atoms with E-state index in [1.807, 2.05) is 42.1 Å². The zero-order chi connectivity index (χ0) is 18.6. The first-order valence-corrected chi connectivity index (χ1v) is 10.6. The number of aryl methyl sites for hydroxylation is 1. The van der Waals surface area contributed by atoms with Crippen LogP contribution in [-0.4, -0.2) is 28.4 Å². The van der Waals surface area contributed by atoms with Crippen LogP contribution in [0.1, 0.15) is 24.8 Å². The highest BCUT2D eigenvalue weighted by molar-refractivity contribution is 7.99. The predicted molar refractivity (Wildman–Crippen MR) is 111 cm³/mol. The molecular weight excluding hydrogens is 359 g/mol. The number of halogens is 1. The summed E-state index contributed by atoms with van der Waals surface area (Å²) >= 11 is 1.95. The Morgan fingerprint density at radius 1 is 1.15 bits per heavy atom. The Labute approximate surface area is 162 Å². The molecule has 5 heteroatoms. The van der Waals surface area contributed by atoms with Crippen molar-refractivity contribution in [3.63, 3.8) is 0 Å². The van der Waals surface area contributed by atoms with Crippen LogP contribution in [0.2, 0.25) is 0 Å². The molecule has 4 rings (SSSR count). The van der Waals surface area contributed by atoms with Gasteiger partial charge in [-0.2, -0.15) is 11.8 Å². The molecule has 0 bridgehead atoms. The molecule has 1 aliphatic rings. The second kappa shape index (κ2) is 8.17. The lowest BCUT2D eigenvalue weighted by atomic mass is 10.0. The molecule has 1 aliphatic heterocycles. The first-order valence-electron chi connectivity index (χ1n) is 9.43. The van der Waals surface area contributed by atoms with Crippen LogP contribution in [0.25, 0.3) is 22.2 Å². The van der Waals surface area contributed by atoms with E-state index in [-0.39, 0.29) is 11.7 Å². The van der Waals surface area contributed by atoms with Gasteiger partial charge in [0.2, 0.25) is 5.91 Å². The van der Waals surface area contributed by atoms with Crippen LogP contribution in [0.5, 0.6) is 0 Å². The fraction of sp³-hybridized carbons (Fsp3) is 0.318. The topological polar surface area (TPSA) is 44.9 Å². The van der Waals surface area contributed by atoms with Gasteiger partial charge in [0, 0.05) is 29.1 Å². The van der Waals surface area contributed by atoms with Gasteiger partial charge in [0.05, 0.1) is 0 Å². The van der Waals surface area contributed by atoms with Gasteiger partial charge in [0.25, 0.3) is 0 Å².